The van der Waals surface area contributed by atoms with Gasteiger partial charge in [0.2, 0.25) is 0 Å². The van der Waals surface area contributed by atoms with Gasteiger partial charge in [0.05, 0.1) is 0 Å². The lowest BCUT2D eigenvalue weighted by molar-refractivity contribution is 0.305. The van der Waals surface area contributed by atoms with Gasteiger partial charge in [-0.25, -0.2) is 0 Å². The molecule has 1 nitrogen and oxygen atoms in total. The van der Waals surface area contributed by atoms with E-state index in [1.165, 1.54) is 19.5 Å². The molecule has 4 atom stereocenters. The molecule has 3 rings (SSSR count). The minimum absolute atomic E-state index is 1.09. The molecule has 0 aromatic rings. The number of hydrogen-bond acceptors (Lipinski definition) is 1. The fraction of sp³-hybridized carbons (Fsp3) is 1.00. The topological polar surface area (TPSA) is 3.24 Å². The molecular formula is C11H19N. The minimum Gasteiger partial charge on any atom is -0.306 e. The van der Waals surface area contributed by atoms with E-state index in [9.17, 15) is 0 Å². The molecule has 1 heteroatoms. The molecule has 0 radical (unpaired) electrons. The van der Waals surface area contributed by atoms with Crippen LogP contribution in [0.15, 0.2) is 0 Å². The predicted molar refractivity (Wildman–Crippen MR) is 49.9 cm³/mol. The van der Waals surface area contributed by atoms with Crippen molar-refractivity contribution in [2.24, 2.45) is 23.7 Å². The maximum Gasteiger partial charge on any atom is 0.00126 e. The molecule has 3 aliphatic rings. The van der Waals surface area contributed by atoms with Crippen LogP contribution in [0, 0.1) is 23.7 Å². The Labute approximate surface area is 75.1 Å². The zero-order valence-electron chi connectivity index (χ0n) is 8.00. The lowest BCUT2D eigenvalue weighted by Crippen LogP contribution is -2.19. The van der Waals surface area contributed by atoms with Gasteiger partial charge >= 0.3 is 0 Å². The molecule has 0 aromatic heterocycles. The second-order valence-corrected chi connectivity index (χ2v) is 5.24. The van der Waals surface area contributed by atoms with Crippen molar-refractivity contribution in [3.63, 3.8) is 0 Å². The molecule has 1 heterocycles. The van der Waals surface area contributed by atoms with Crippen LogP contribution in [0.3, 0.4) is 0 Å². The highest BCUT2D eigenvalue weighted by Gasteiger charge is 2.48. The second-order valence-electron chi connectivity index (χ2n) is 5.24. The molecule has 1 aliphatic heterocycles. The summed E-state index contributed by atoms with van der Waals surface area (Å²) in [7, 11) is 2.29. The molecule has 3 unspecified atom stereocenters. The minimum atomic E-state index is 1.09. The van der Waals surface area contributed by atoms with Crippen molar-refractivity contribution in [3.05, 3.63) is 0 Å². The summed E-state index contributed by atoms with van der Waals surface area (Å²) in [6.45, 7) is 2.81. The third-order valence-electron chi connectivity index (χ3n) is 4.55. The molecule has 0 spiro atoms. The van der Waals surface area contributed by atoms with Crippen LogP contribution in [0.1, 0.15) is 25.7 Å². The summed E-state index contributed by atoms with van der Waals surface area (Å²) < 4.78 is 0. The van der Waals surface area contributed by atoms with E-state index in [-0.39, 0.29) is 0 Å². The fourth-order valence-electron chi connectivity index (χ4n) is 4.16. The SMILES string of the molecule is CN1CC2C3CCCC3C[C@@H]2C1. The van der Waals surface area contributed by atoms with Crippen molar-refractivity contribution in [3.8, 4) is 0 Å². The summed E-state index contributed by atoms with van der Waals surface area (Å²) in [5.41, 5.74) is 0. The van der Waals surface area contributed by atoms with Crippen LogP contribution in [0.2, 0.25) is 0 Å². The maximum absolute atomic E-state index is 2.55. The van der Waals surface area contributed by atoms with Gasteiger partial charge in [0, 0.05) is 13.1 Å². The molecule has 0 N–H and O–H groups in total. The first kappa shape index (κ1) is 7.37. The lowest BCUT2D eigenvalue weighted by Gasteiger charge is -2.17. The molecule has 12 heavy (non-hydrogen) atoms. The number of likely N-dealkylation sites (tertiary alicyclic amines) is 1. The summed E-state index contributed by atoms with van der Waals surface area (Å²) in [5, 5.41) is 0. The largest absolute Gasteiger partial charge is 0.306 e. The van der Waals surface area contributed by atoms with E-state index in [1.807, 2.05) is 0 Å². The molecule has 68 valence electrons. The first-order valence-electron chi connectivity index (χ1n) is 5.53. The summed E-state index contributed by atoms with van der Waals surface area (Å²) in [4.78, 5) is 2.55. The van der Waals surface area contributed by atoms with E-state index in [4.69, 9.17) is 0 Å². The van der Waals surface area contributed by atoms with E-state index in [0.717, 1.165) is 23.7 Å². The van der Waals surface area contributed by atoms with Gasteiger partial charge < -0.3 is 4.90 Å². The van der Waals surface area contributed by atoms with Gasteiger partial charge in [0.15, 0.2) is 0 Å². The average molecular weight is 165 g/mol. The lowest BCUT2D eigenvalue weighted by atomic mass is 9.90. The molecule has 0 amide bonds. The van der Waals surface area contributed by atoms with E-state index in [0.29, 0.717) is 0 Å². The molecule has 3 fully saturated rings. The standard InChI is InChI=1S/C11H19N/c1-12-6-9-5-8-3-2-4-10(8)11(9)7-12/h8-11H,2-7H2,1H3/t8?,9-,10?,11?/m1/s1. The zero-order valence-corrected chi connectivity index (χ0v) is 8.00. The van der Waals surface area contributed by atoms with Gasteiger partial charge in [-0.05, 0) is 43.6 Å². The Bertz CT molecular complexity index is 189. The average Bonchev–Trinajstić information content (AvgIpc) is 2.59. The molecule has 1 saturated heterocycles. The second kappa shape index (κ2) is 2.47. The third kappa shape index (κ3) is 0.891. The summed E-state index contributed by atoms with van der Waals surface area (Å²) in [6.07, 6.45) is 6.21. The van der Waals surface area contributed by atoms with E-state index in [1.54, 1.807) is 19.3 Å². The number of nitrogens with zero attached hydrogens (tertiary/aromatic N) is 1. The van der Waals surface area contributed by atoms with E-state index < -0.39 is 0 Å². The summed E-state index contributed by atoms with van der Waals surface area (Å²) >= 11 is 0. The zero-order chi connectivity index (χ0) is 8.13. The van der Waals surface area contributed by atoms with Gasteiger partial charge in [0.1, 0.15) is 0 Å². The monoisotopic (exact) mass is 165 g/mol. The van der Waals surface area contributed by atoms with Crippen molar-refractivity contribution in [1.29, 1.82) is 0 Å². The quantitative estimate of drug-likeness (QED) is 0.530. The maximum atomic E-state index is 2.55. The Kier molecular flexibility index (Phi) is 1.52. The first-order chi connectivity index (χ1) is 5.84. The van der Waals surface area contributed by atoms with E-state index in [2.05, 4.69) is 11.9 Å². The number of rotatable bonds is 0. The van der Waals surface area contributed by atoms with Crippen LogP contribution in [0.4, 0.5) is 0 Å². The third-order valence-corrected chi connectivity index (χ3v) is 4.55. The molecular weight excluding hydrogens is 146 g/mol. The van der Waals surface area contributed by atoms with Gasteiger partial charge in [-0.3, -0.25) is 0 Å². The highest BCUT2D eigenvalue weighted by atomic mass is 15.1. The smallest absolute Gasteiger partial charge is 0.00126 e. The highest BCUT2D eigenvalue weighted by Crippen LogP contribution is 2.52. The van der Waals surface area contributed by atoms with Crippen molar-refractivity contribution in [1.82, 2.24) is 4.90 Å². The van der Waals surface area contributed by atoms with Crippen molar-refractivity contribution in [2.75, 3.05) is 20.1 Å². The van der Waals surface area contributed by atoms with Crippen molar-refractivity contribution >= 4 is 0 Å². The Morgan fingerprint density at radius 3 is 2.83 bits per heavy atom. The molecule has 2 aliphatic carbocycles. The van der Waals surface area contributed by atoms with Gasteiger partial charge in [-0.2, -0.15) is 0 Å². The molecule has 2 saturated carbocycles. The van der Waals surface area contributed by atoms with E-state index >= 15 is 0 Å². The Balaban J connectivity index is 1.80. The van der Waals surface area contributed by atoms with Gasteiger partial charge in [-0.15, -0.1) is 0 Å². The van der Waals surface area contributed by atoms with Crippen LogP contribution >= 0.6 is 0 Å². The normalized spacial score (nSPS) is 52.8. The Morgan fingerprint density at radius 2 is 1.92 bits per heavy atom. The van der Waals surface area contributed by atoms with Crippen LogP contribution < -0.4 is 0 Å². The van der Waals surface area contributed by atoms with Crippen LogP contribution in [0.25, 0.3) is 0 Å². The molecule has 0 aromatic carbocycles. The van der Waals surface area contributed by atoms with Crippen molar-refractivity contribution in [2.45, 2.75) is 25.7 Å². The van der Waals surface area contributed by atoms with Crippen LogP contribution in [-0.4, -0.2) is 25.0 Å². The Morgan fingerprint density at radius 1 is 1.00 bits per heavy atom. The van der Waals surface area contributed by atoms with Crippen molar-refractivity contribution < 1.29 is 0 Å². The number of fused-ring (bicyclic) bond motifs is 3. The molecule has 0 bridgehead atoms. The van der Waals surface area contributed by atoms with Gasteiger partial charge in [0.25, 0.3) is 0 Å². The summed E-state index contributed by atoms with van der Waals surface area (Å²) in [5.74, 6) is 4.47. The predicted octanol–water partition coefficient (Wildman–Crippen LogP) is 1.98. The first-order valence-corrected chi connectivity index (χ1v) is 5.53. The van der Waals surface area contributed by atoms with Crippen LogP contribution in [0.5, 0.6) is 0 Å². The highest BCUT2D eigenvalue weighted by molar-refractivity contribution is 4.99. The Hall–Kier alpha value is -0.0400. The van der Waals surface area contributed by atoms with Crippen LogP contribution in [-0.2, 0) is 0 Å². The van der Waals surface area contributed by atoms with Gasteiger partial charge in [-0.1, -0.05) is 12.8 Å². The summed E-state index contributed by atoms with van der Waals surface area (Å²) in [6, 6.07) is 0. The fourth-order valence-corrected chi connectivity index (χ4v) is 4.16. The number of hydrogen-bond donors (Lipinski definition) is 0.